The molecule has 0 aliphatic rings. The van der Waals surface area contributed by atoms with Crippen molar-refractivity contribution in [3.63, 3.8) is 0 Å². The molecule has 1 atom stereocenters. The molecule has 1 N–H and O–H groups in total. The van der Waals surface area contributed by atoms with Crippen molar-refractivity contribution in [3.05, 3.63) is 23.2 Å². The van der Waals surface area contributed by atoms with E-state index in [9.17, 15) is 4.21 Å². The number of benzene rings is 1. The van der Waals surface area contributed by atoms with Crippen LogP contribution in [-0.2, 0) is 17.8 Å². The number of methoxy groups -OCH3 is 1. The first-order valence-corrected chi connectivity index (χ1v) is 8.05. The van der Waals surface area contributed by atoms with E-state index in [1.807, 2.05) is 6.07 Å². The molecule has 21 heavy (non-hydrogen) atoms. The summed E-state index contributed by atoms with van der Waals surface area (Å²) >= 11 is 6.12. The van der Waals surface area contributed by atoms with E-state index in [1.54, 1.807) is 37.2 Å². The number of nitrogens with one attached hydrogen (secondary N) is 1. The van der Waals surface area contributed by atoms with Gasteiger partial charge in [-0.05, 0) is 12.1 Å². The van der Waals surface area contributed by atoms with Gasteiger partial charge in [0.15, 0.2) is 5.82 Å². The van der Waals surface area contributed by atoms with Gasteiger partial charge in [-0.3, -0.25) is 4.21 Å². The lowest BCUT2D eigenvalue weighted by Crippen LogP contribution is -1.94. The van der Waals surface area contributed by atoms with Gasteiger partial charge in [-0.2, -0.15) is 5.10 Å². The van der Waals surface area contributed by atoms with Crippen LogP contribution in [0.2, 0.25) is 5.02 Å². The van der Waals surface area contributed by atoms with Gasteiger partial charge in [-0.25, -0.2) is 9.67 Å². The zero-order chi connectivity index (χ0) is 15.1. The highest BCUT2D eigenvalue weighted by Gasteiger charge is 2.17. The lowest BCUT2D eigenvalue weighted by Gasteiger charge is -2.00. The summed E-state index contributed by atoms with van der Waals surface area (Å²) in [5, 5.41) is 4.78. The van der Waals surface area contributed by atoms with Crippen LogP contribution in [0, 0.1) is 0 Å². The molecule has 2 aromatic heterocycles. The normalized spacial score (nSPS) is 12.8. The second-order valence-electron chi connectivity index (χ2n) is 4.51. The van der Waals surface area contributed by atoms with Crippen LogP contribution in [0.5, 0.6) is 5.88 Å². The molecule has 110 valence electrons. The molecule has 0 aliphatic heterocycles. The maximum absolute atomic E-state index is 11.9. The summed E-state index contributed by atoms with van der Waals surface area (Å²) in [6.07, 6.45) is 1.58. The van der Waals surface area contributed by atoms with Gasteiger partial charge in [0.1, 0.15) is 11.2 Å². The maximum atomic E-state index is 11.9. The topological polar surface area (TPSA) is 72.8 Å². The van der Waals surface area contributed by atoms with Crippen LogP contribution in [0.4, 0.5) is 0 Å². The Hall–Kier alpha value is -1.86. The molecule has 3 rings (SSSR count). The van der Waals surface area contributed by atoms with E-state index in [0.717, 1.165) is 5.52 Å². The first-order valence-electron chi connectivity index (χ1n) is 6.11. The van der Waals surface area contributed by atoms with E-state index >= 15 is 0 Å². The van der Waals surface area contributed by atoms with E-state index in [0.29, 0.717) is 32.8 Å². The molecule has 0 radical (unpaired) electrons. The van der Waals surface area contributed by atoms with Gasteiger partial charge in [-0.1, -0.05) is 11.6 Å². The summed E-state index contributed by atoms with van der Waals surface area (Å²) < 4.78 is 18.7. The minimum atomic E-state index is -1.22. The molecule has 1 unspecified atom stereocenters. The summed E-state index contributed by atoms with van der Waals surface area (Å²) in [6, 6.07) is 5.30. The molecule has 0 saturated heterocycles. The van der Waals surface area contributed by atoms with Gasteiger partial charge >= 0.3 is 0 Å². The number of rotatable bonds is 3. The van der Waals surface area contributed by atoms with Crippen LogP contribution in [-0.4, -0.2) is 37.3 Å². The van der Waals surface area contributed by atoms with Crippen molar-refractivity contribution in [1.29, 1.82) is 0 Å². The van der Waals surface area contributed by atoms with Crippen LogP contribution in [0.15, 0.2) is 23.1 Å². The van der Waals surface area contributed by atoms with Gasteiger partial charge in [0.25, 0.3) is 0 Å². The lowest BCUT2D eigenvalue weighted by atomic mass is 10.3. The fourth-order valence-corrected chi connectivity index (χ4v) is 3.43. The van der Waals surface area contributed by atoms with Crippen molar-refractivity contribution >= 4 is 33.4 Å². The molecule has 3 aromatic rings. The zero-order valence-electron chi connectivity index (χ0n) is 11.7. The Balaban J connectivity index is 2.21. The molecular weight excluding hydrogens is 312 g/mol. The molecule has 8 heteroatoms. The Morgan fingerprint density at radius 1 is 1.43 bits per heavy atom. The van der Waals surface area contributed by atoms with Crippen molar-refractivity contribution in [2.45, 2.75) is 4.90 Å². The van der Waals surface area contributed by atoms with E-state index in [4.69, 9.17) is 16.3 Å². The molecular formula is C13H13ClN4O2S. The number of aryl methyl sites for hydroxylation is 1. The largest absolute Gasteiger partial charge is 0.481 e. The monoisotopic (exact) mass is 324 g/mol. The fourth-order valence-electron chi connectivity index (χ4n) is 2.18. The third-order valence-corrected chi connectivity index (χ3v) is 4.55. The molecule has 0 spiro atoms. The predicted molar refractivity (Wildman–Crippen MR) is 82.2 cm³/mol. The van der Waals surface area contributed by atoms with E-state index in [-0.39, 0.29) is 0 Å². The van der Waals surface area contributed by atoms with Crippen LogP contribution in [0.25, 0.3) is 22.6 Å². The number of ether oxygens (including phenoxy) is 1. The Bertz CT molecular complexity index is 855. The second-order valence-corrected chi connectivity index (χ2v) is 6.23. The molecule has 0 aliphatic carbocycles. The summed E-state index contributed by atoms with van der Waals surface area (Å²) in [5.41, 5.74) is 2.02. The average Bonchev–Trinajstić information content (AvgIpc) is 3.01. The third kappa shape index (κ3) is 2.32. The minimum absolute atomic E-state index is 0.444. The van der Waals surface area contributed by atoms with E-state index < -0.39 is 10.8 Å². The van der Waals surface area contributed by atoms with Crippen LogP contribution in [0.3, 0.4) is 0 Å². The number of nitrogens with zero attached hydrogens (tertiary/aromatic N) is 3. The standard InChI is InChI=1S/C13H13ClN4O2S/c1-18-10(20-2)6-9(17-18)13-15-8-5-4-7(14)12(21(3)19)11(8)16-13/h4-6H,1-3H3,(H,15,16). The summed E-state index contributed by atoms with van der Waals surface area (Å²) in [6.45, 7) is 0. The van der Waals surface area contributed by atoms with Crippen molar-refractivity contribution in [2.24, 2.45) is 7.05 Å². The molecule has 6 nitrogen and oxygen atoms in total. The Morgan fingerprint density at radius 2 is 2.19 bits per heavy atom. The SMILES string of the molecule is COc1cc(-c2nc3c(S(C)=O)c(Cl)ccc3[nH]2)nn1C. The number of aromatic amines is 1. The van der Waals surface area contributed by atoms with Gasteiger partial charge in [0.2, 0.25) is 5.88 Å². The van der Waals surface area contributed by atoms with Gasteiger partial charge in [0.05, 0.1) is 33.3 Å². The molecule has 0 bridgehead atoms. The van der Waals surface area contributed by atoms with Crippen LogP contribution in [0.1, 0.15) is 0 Å². The fraction of sp³-hybridized carbons (Fsp3) is 0.231. The van der Waals surface area contributed by atoms with E-state index in [1.165, 1.54) is 0 Å². The maximum Gasteiger partial charge on any atom is 0.211 e. The predicted octanol–water partition coefficient (Wildman–Crippen LogP) is 2.36. The Morgan fingerprint density at radius 3 is 2.81 bits per heavy atom. The van der Waals surface area contributed by atoms with Crippen molar-refractivity contribution < 1.29 is 8.95 Å². The van der Waals surface area contributed by atoms with Crippen molar-refractivity contribution in [2.75, 3.05) is 13.4 Å². The Kier molecular flexibility index (Phi) is 3.46. The van der Waals surface area contributed by atoms with Gasteiger partial charge in [-0.15, -0.1) is 0 Å². The number of hydrogen-bond donors (Lipinski definition) is 1. The number of hydrogen-bond acceptors (Lipinski definition) is 4. The molecule has 0 saturated carbocycles. The number of halogens is 1. The molecule has 1 aromatic carbocycles. The first kappa shape index (κ1) is 14.1. The third-order valence-electron chi connectivity index (χ3n) is 3.14. The number of fused-ring (bicyclic) bond motifs is 1. The lowest BCUT2D eigenvalue weighted by molar-refractivity contribution is 0.373. The summed E-state index contributed by atoms with van der Waals surface area (Å²) in [7, 11) is 2.14. The highest BCUT2D eigenvalue weighted by molar-refractivity contribution is 7.84. The summed E-state index contributed by atoms with van der Waals surface area (Å²) in [5.74, 6) is 1.21. The minimum Gasteiger partial charge on any atom is -0.481 e. The number of imidazole rings is 1. The molecule has 0 fully saturated rings. The number of H-pyrrole nitrogens is 1. The van der Waals surface area contributed by atoms with Gasteiger partial charge in [0, 0.05) is 19.4 Å². The van der Waals surface area contributed by atoms with Crippen molar-refractivity contribution in [3.8, 4) is 17.4 Å². The summed E-state index contributed by atoms with van der Waals surface area (Å²) in [4.78, 5) is 8.18. The quantitative estimate of drug-likeness (QED) is 0.802. The zero-order valence-corrected chi connectivity index (χ0v) is 13.2. The number of aromatic nitrogens is 4. The Labute approximate surface area is 128 Å². The highest BCUT2D eigenvalue weighted by Crippen LogP contribution is 2.30. The first-order chi connectivity index (χ1) is 10.0. The smallest absolute Gasteiger partial charge is 0.211 e. The van der Waals surface area contributed by atoms with Gasteiger partial charge < -0.3 is 9.72 Å². The average molecular weight is 325 g/mol. The van der Waals surface area contributed by atoms with Crippen LogP contribution < -0.4 is 4.74 Å². The van der Waals surface area contributed by atoms with Crippen LogP contribution >= 0.6 is 11.6 Å². The second kappa shape index (κ2) is 5.16. The molecule has 0 amide bonds. The highest BCUT2D eigenvalue weighted by atomic mass is 35.5. The molecule has 2 heterocycles. The van der Waals surface area contributed by atoms with Crippen molar-refractivity contribution in [1.82, 2.24) is 19.7 Å². The van der Waals surface area contributed by atoms with E-state index in [2.05, 4.69) is 15.1 Å².